The quantitative estimate of drug-likeness (QED) is 0.850. The van der Waals surface area contributed by atoms with Crippen LogP contribution in [0, 0.1) is 0 Å². The predicted octanol–water partition coefficient (Wildman–Crippen LogP) is 3.05. The second-order valence-corrected chi connectivity index (χ2v) is 5.21. The number of carbonyl (C=O) groups is 1. The molecule has 0 atom stereocenters. The molecule has 6 heteroatoms. The van der Waals surface area contributed by atoms with E-state index in [1.165, 1.54) is 11.8 Å². The Morgan fingerprint density at radius 3 is 2.74 bits per heavy atom. The number of nitrogens with one attached hydrogen (secondary N) is 1. The van der Waals surface area contributed by atoms with Gasteiger partial charge in [0, 0.05) is 21.8 Å². The van der Waals surface area contributed by atoms with Gasteiger partial charge < -0.3 is 11.1 Å². The highest BCUT2D eigenvalue weighted by atomic mass is 35.5. The fourth-order valence-corrected chi connectivity index (χ4v) is 2.26. The molecule has 1 heterocycles. The summed E-state index contributed by atoms with van der Waals surface area (Å²) >= 11 is 7.14. The summed E-state index contributed by atoms with van der Waals surface area (Å²) in [5.74, 6) is 0.195. The topological polar surface area (TPSA) is 68.0 Å². The molecule has 1 aromatic carbocycles. The highest BCUT2D eigenvalue weighted by Gasteiger charge is 2.05. The molecule has 2 aromatic rings. The van der Waals surface area contributed by atoms with Crippen molar-refractivity contribution in [2.75, 3.05) is 16.8 Å². The average Bonchev–Trinajstić information content (AvgIpc) is 2.40. The van der Waals surface area contributed by atoms with Crippen LogP contribution < -0.4 is 11.1 Å². The van der Waals surface area contributed by atoms with E-state index in [0.29, 0.717) is 10.7 Å². The van der Waals surface area contributed by atoms with E-state index in [9.17, 15) is 4.79 Å². The first-order valence-electron chi connectivity index (χ1n) is 5.53. The van der Waals surface area contributed by atoms with Crippen molar-refractivity contribution in [1.82, 2.24) is 4.98 Å². The van der Waals surface area contributed by atoms with Gasteiger partial charge in [-0.2, -0.15) is 0 Å². The summed E-state index contributed by atoms with van der Waals surface area (Å²) in [7, 11) is 0. The molecule has 1 aromatic heterocycles. The maximum Gasteiger partial charge on any atom is 0.234 e. The summed E-state index contributed by atoms with van der Waals surface area (Å²) in [4.78, 5) is 16.5. The van der Waals surface area contributed by atoms with E-state index < -0.39 is 0 Å². The molecule has 1 amide bonds. The van der Waals surface area contributed by atoms with Gasteiger partial charge in [-0.15, -0.1) is 11.8 Å². The number of carbonyl (C=O) groups excluding carboxylic acids is 1. The van der Waals surface area contributed by atoms with Crippen LogP contribution in [0.2, 0.25) is 5.02 Å². The lowest BCUT2D eigenvalue weighted by Crippen LogP contribution is -2.14. The van der Waals surface area contributed by atoms with Crippen LogP contribution in [0.1, 0.15) is 0 Å². The van der Waals surface area contributed by atoms with Gasteiger partial charge in [0.1, 0.15) is 0 Å². The molecular weight excluding hydrogens is 282 g/mol. The van der Waals surface area contributed by atoms with Crippen molar-refractivity contribution in [3.8, 4) is 0 Å². The summed E-state index contributed by atoms with van der Waals surface area (Å²) in [6.07, 6.45) is 3.22. The molecule has 2 rings (SSSR count). The number of hydrogen-bond donors (Lipinski definition) is 2. The molecule has 0 spiro atoms. The summed E-state index contributed by atoms with van der Waals surface area (Å²) < 4.78 is 0. The summed E-state index contributed by atoms with van der Waals surface area (Å²) in [5, 5.41) is 3.42. The molecule has 0 aliphatic heterocycles. The lowest BCUT2D eigenvalue weighted by atomic mass is 10.3. The first-order valence-corrected chi connectivity index (χ1v) is 6.89. The number of nitrogens with zero attached hydrogens (tertiary/aromatic N) is 1. The van der Waals surface area contributed by atoms with Crippen molar-refractivity contribution in [2.24, 2.45) is 0 Å². The fraction of sp³-hybridized carbons (Fsp3) is 0.0769. The van der Waals surface area contributed by atoms with E-state index in [1.54, 1.807) is 42.7 Å². The molecule has 0 aliphatic carbocycles. The Morgan fingerprint density at radius 2 is 2.05 bits per heavy atom. The van der Waals surface area contributed by atoms with Crippen molar-refractivity contribution in [3.63, 3.8) is 0 Å². The lowest BCUT2D eigenvalue weighted by Gasteiger charge is -2.06. The zero-order chi connectivity index (χ0) is 13.7. The number of halogens is 1. The third kappa shape index (κ3) is 4.15. The Labute approximate surface area is 120 Å². The van der Waals surface area contributed by atoms with E-state index in [2.05, 4.69) is 10.3 Å². The Bertz CT molecular complexity index is 574. The number of benzene rings is 1. The number of anilines is 2. The number of nitrogens with two attached hydrogens (primary N) is 1. The number of nitrogen functional groups attached to an aromatic ring is 1. The van der Waals surface area contributed by atoms with Crippen LogP contribution in [0.5, 0.6) is 0 Å². The first-order chi connectivity index (χ1) is 9.15. The van der Waals surface area contributed by atoms with Crippen LogP contribution in [-0.2, 0) is 4.79 Å². The SMILES string of the molecule is Nc1cnccc1SCC(=O)Nc1ccc(Cl)cc1. The van der Waals surface area contributed by atoms with E-state index >= 15 is 0 Å². The third-order valence-electron chi connectivity index (χ3n) is 2.30. The van der Waals surface area contributed by atoms with E-state index in [4.69, 9.17) is 17.3 Å². The monoisotopic (exact) mass is 293 g/mol. The van der Waals surface area contributed by atoms with Gasteiger partial charge in [0.15, 0.2) is 0 Å². The zero-order valence-electron chi connectivity index (χ0n) is 9.97. The number of rotatable bonds is 4. The van der Waals surface area contributed by atoms with Crippen molar-refractivity contribution >= 4 is 40.6 Å². The van der Waals surface area contributed by atoms with Crippen LogP contribution in [-0.4, -0.2) is 16.6 Å². The lowest BCUT2D eigenvalue weighted by molar-refractivity contribution is -0.113. The van der Waals surface area contributed by atoms with Gasteiger partial charge in [-0.05, 0) is 30.3 Å². The first kappa shape index (κ1) is 13.7. The van der Waals surface area contributed by atoms with Gasteiger partial charge in [0.05, 0.1) is 17.6 Å². The Balaban J connectivity index is 1.88. The summed E-state index contributed by atoms with van der Waals surface area (Å²) in [6.45, 7) is 0. The van der Waals surface area contributed by atoms with Crippen molar-refractivity contribution < 1.29 is 4.79 Å². The van der Waals surface area contributed by atoms with Crippen molar-refractivity contribution in [3.05, 3.63) is 47.7 Å². The maximum atomic E-state index is 11.8. The molecule has 98 valence electrons. The van der Waals surface area contributed by atoms with Crippen LogP contribution >= 0.6 is 23.4 Å². The van der Waals surface area contributed by atoms with Gasteiger partial charge in [0.2, 0.25) is 5.91 Å². The fourth-order valence-electron chi connectivity index (χ4n) is 1.40. The molecule has 0 radical (unpaired) electrons. The highest BCUT2D eigenvalue weighted by Crippen LogP contribution is 2.23. The van der Waals surface area contributed by atoms with Crippen LogP contribution in [0.3, 0.4) is 0 Å². The Hall–Kier alpha value is -1.72. The van der Waals surface area contributed by atoms with Crippen LogP contribution in [0.4, 0.5) is 11.4 Å². The minimum Gasteiger partial charge on any atom is -0.397 e. The largest absolute Gasteiger partial charge is 0.397 e. The molecule has 0 unspecified atom stereocenters. The number of pyridine rings is 1. The van der Waals surface area contributed by atoms with Gasteiger partial charge >= 0.3 is 0 Å². The van der Waals surface area contributed by atoms with E-state index in [1.807, 2.05) is 0 Å². The number of aromatic nitrogens is 1. The predicted molar refractivity (Wildman–Crippen MR) is 79.5 cm³/mol. The molecule has 0 saturated carbocycles. The van der Waals surface area contributed by atoms with Crippen molar-refractivity contribution in [2.45, 2.75) is 4.90 Å². The molecule has 0 fully saturated rings. The Morgan fingerprint density at radius 1 is 1.32 bits per heavy atom. The zero-order valence-corrected chi connectivity index (χ0v) is 11.5. The minimum absolute atomic E-state index is 0.0939. The van der Waals surface area contributed by atoms with Crippen LogP contribution in [0.15, 0.2) is 47.6 Å². The standard InChI is InChI=1S/C13H12ClN3OS/c14-9-1-3-10(4-2-9)17-13(18)8-19-12-5-6-16-7-11(12)15/h1-7H,8,15H2,(H,17,18). The number of thioether (sulfide) groups is 1. The smallest absolute Gasteiger partial charge is 0.234 e. The number of amides is 1. The average molecular weight is 294 g/mol. The molecular formula is C13H12ClN3OS. The third-order valence-corrected chi connectivity index (χ3v) is 3.64. The van der Waals surface area contributed by atoms with Gasteiger partial charge in [-0.3, -0.25) is 9.78 Å². The molecule has 0 aliphatic rings. The molecule has 4 nitrogen and oxygen atoms in total. The maximum absolute atomic E-state index is 11.8. The van der Waals surface area contributed by atoms with Crippen LogP contribution in [0.25, 0.3) is 0 Å². The van der Waals surface area contributed by atoms with E-state index in [0.717, 1.165) is 10.6 Å². The molecule has 0 saturated heterocycles. The summed E-state index contributed by atoms with van der Waals surface area (Å²) in [5.41, 5.74) is 7.04. The Kier molecular flexibility index (Phi) is 4.65. The molecule has 0 bridgehead atoms. The second-order valence-electron chi connectivity index (χ2n) is 3.76. The molecule has 19 heavy (non-hydrogen) atoms. The number of hydrogen-bond acceptors (Lipinski definition) is 4. The normalized spacial score (nSPS) is 10.2. The second kappa shape index (κ2) is 6.45. The van der Waals surface area contributed by atoms with Gasteiger partial charge in [-0.25, -0.2) is 0 Å². The highest BCUT2D eigenvalue weighted by molar-refractivity contribution is 8.00. The molecule has 3 N–H and O–H groups in total. The minimum atomic E-state index is -0.0939. The van der Waals surface area contributed by atoms with Gasteiger partial charge in [-0.1, -0.05) is 11.6 Å². The van der Waals surface area contributed by atoms with Crippen molar-refractivity contribution in [1.29, 1.82) is 0 Å². The van der Waals surface area contributed by atoms with E-state index in [-0.39, 0.29) is 11.7 Å². The summed E-state index contributed by atoms with van der Waals surface area (Å²) in [6, 6.07) is 8.75. The van der Waals surface area contributed by atoms with Gasteiger partial charge in [0.25, 0.3) is 0 Å².